The van der Waals surface area contributed by atoms with Gasteiger partial charge in [-0.3, -0.25) is 20.4 Å². The van der Waals surface area contributed by atoms with E-state index in [-0.39, 0.29) is 5.69 Å². The summed E-state index contributed by atoms with van der Waals surface area (Å²) in [5.74, 6) is -1.87. The van der Waals surface area contributed by atoms with Gasteiger partial charge < -0.3 is 9.14 Å². The van der Waals surface area contributed by atoms with Gasteiger partial charge in [-0.25, -0.2) is 9.78 Å². The van der Waals surface area contributed by atoms with E-state index in [1.54, 1.807) is 59.1 Å². The predicted octanol–water partition coefficient (Wildman–Crippen LogP) is 0.952. The van der Waals surface area contributed by atoms with Crippen LogP contribution < -0.4 is 10.9 Å². The van der Waals surface area contributed by atoms with Crippen molar-refractivity contribution in [1.29, 1.82) is 0 Å². The van der Waals surface area contributed by atoms with Crippen molar-refractivity contribution in [2.24, 2.45) is 0 Å². The lowest BCUT2D eigenvalue weighted by molar-refractivity contribution is -0.125. The minimum Gasteiger partial charge on any atom is -0.451 e. The molecular weight excluding hydrogens is 324 g/mol. The first-order valence-corrected chi connectivity index (χ1v) is 7.38. The molecule has 2 amide bonds. The van der Waals surface area contributed by atoms with E-state index in [1.807, 2.05) is 0 Å². The molecule has 0 unspecified atom stereocenters. The highest BCUT2D eigenvalue weighted by Crippen LogP contribution is 2.05. The zero-order valence-electron chi connectivity index (χ0n) is 13.0. The highest BCUT2D eigenvalue weighted by atomic mass is 16.5. The van der Waals surface area contributed by atoms with Crippen LogP contribution in [0.2, 0.25) is 0 Å². The number of benzene rings is 1. The van der Waals surface area contributed by atoms with Crippen molar-refractivity contribution in [3.05, 3.63) is 72.2 Å². The van der Waals surface area contributed by atoms with Crippen LogP contribution in [-0.4, -0.2) is 33.8 Å². The third-order valence-corrected chi connectivity index (χ3v) is 3.26. The van der Waals surface area contributed by atoms with Crippen molar-refractivity contribution < 1.29 is 19.1 Å². The molecule has 3 rings (SSSR count). The molecule has 0 radical (unpaired) electrons. The average Bonchev–Trinajstić information content (AvgIpc) is 3.09. The van der Waals surface area contributed by atoms with Gasteiger partial charge in [0, 0.05) is 18.0 Å². The molecule has 0 bridgehead atoms. The molecule has 8 nitrogen and oxygen atoms in total. The van der Waals surface area contributed by atoms with E-state index in [0.29, 0.717) is 11.2 Å². The zero-order valence-corrected chi connectivity index (χ0v) is 13.0. The van der Waals surface area contributed by atoms with Gasteiger partial charge in [0.1, 0.15) is 5.65 Å². The summed E-state index contributed by atoms with van der Waals surface area (Å²) in [7, 11) is 0. The molecule has 0 saturated carbocycles. The summed E-state index contributed by atoms with van der Waals surface area (Å²) < 4.78 is 6.54. The number of hydrogen-bond donors (Lipinski definition) is 2. The second-order valence-corrected chi connectivity index (χ2v) is 5.04. The first-order chi connectivity index (χ1) is 12.1. The van der Waals surface area contributed by atoms with E-state index < -0.39 is 24.4 Å². The molecule has 0 aliphatic carbocycles. The third-order valence-electron chi connectivity index (χ3n) is 3.26. The van der Waals surface area contributed by atoms with Crippen LogP contribution in [0.5, 0.6) is 0 Å². The summed E-state index contributed by atoms with van der Waals surface area (Å²) in [6.45, 7) is -0.540. The number of fused-ring (bicyclic) bond motifs is 1. The lowest BCUT2D eigenvalue weighted by Gasteiger charge is -2.07. The van der Waals surface area contributed by atoms with Gasteiger partial charge in [0.25, 0.3) is 11.8 Å². The normalized spacial score (nSPS) is 10.2. The molecule has 126 valence electrons. The number of imidazole rings is 1. The number of rotatable bonds is 4. The highest BCUT2D eigenvalue weighted by Gasteiger charge is 2.14. The Labute approximate surface area is 142 Å². The summed E-state index contributed by atoms with van der Waals surface area (Å²) in [6.07, 6.45) is 3.25. The molecule has 1 aromatic carbocycles. The second kappa shape index (κ2) is 7.26. The molecule has 0 fully saturated rings. The Hall–Kier alpha value is -3.68. The lowest BCUT2D eigenvalue weighted by atomic mass is 10.2. The maximum Gasteiger partial charge on any atom is 0.359 e. The number of carbonyl (C=O) groups excluding carboxylic acids is 3. The molecule has 0 aliphatic rings. The topological polar surface area (TPSA) is 102 Å². The fourth-order valence-electron chi connectivity index (χ4n) is 2.06. The monoisotopic (exact) mass is 338 g/mol. The Morgan fingerprint density at radius 1 is 1.00 bits per heavy atom. The predicted molar refractivity (Wildman–Crippen MR) is 87.5 cm³/mol. The van der Waals surface area contributed by atoms with Gasteiger partial charge in [-0.05, 0) is 24.3 Å². The van der Waals surface area contributed by atoms with E-state index in [0.717, 1.165) is 0 Å². The summed E-state index contributed by atoms with van der Waals surface area (Å²) in [4.78, 5) is 39.4. The minimum absolute atomic E-state index is 0.0901. The van der Waals surface area contributed by atoms with Crippen LogP contribution in [0.25, 0.3) is 5.65 Å². The van der Waals surface area contributed by atoms with Crippen LogP contribution in [0.15, 0.2) is 60.9 Å². The number of ether oxygens (including phenoxy) is 1. The van der Waals surface area contributed by atoms with Gasteiger partial charge in [0.05, 0.1) is 0 Å². The fraction of sp³-hybridized carbons (Fsp3) is 0.0588. The number of hydrogen-bond acceptors (Lipinski definition) is 5. The maximum absolute atomic E-state index is 11.9. The van der Waals surface area contributed by atoms with Gasteiger partial charge in [0.15, 0.2) is 12.3 Å². The molecule has 3 aromatic rings. The Balaban J connectivity index is 1.48. The fourth-order valence-corrected chi connectivity index (χ4v) is 2.06. The van der Waals surface area contributed by atoms with Gasteiger partial charge in [0.2, 0.25) is 0 Å². The summed E-state index contributed by atoms with van der Waals surface area (Å²) >= 11 is 0. The Morgan fingerprint density at radius 2 is 1.76 bits per heavy atom. The number of nitrogens with zero attached hydrogens (tertiary/aromatic N) is 2. The number of carbonyl (C=O) groups is 3. The van der Waals surface area contributed by atoms with Crippen LogP contribution in [-0.2, 0) is 9.53 Å². The van der Waals surface area contributed by atoms with E-state index >= 15 is 0 Å². The summed E-state index contributed by atoms with van der Waals surface area (Å²) in [5, 5.41) is 0. The number of pyridine rings is 1. The van der Waals surface area contributed by atoms with Crippen molar-refractivity contribution in [3.8, 4) is 0 Å². The van der Waals surface area contributed by atoms with Crippen molar-refractivity contribution in [2.45, 2.75) is 0 Å². The Kier molecular flexibility index (Phi) is 4.70. The molecule has 0 spiro atoms. The maximum atomic E-state index is 11.9. The quantitative estimate of drug-likeness (QED) is 0.545. The number of esters is 1. The van der Waals surface area contributed by atoms with Crippen LogP contribution in [0.3, 0.4) is 0 Å². The largest absolute Gasteiger partial charge is 0.451 e. The number of amides is 2. The molecule has 0 aliphatic heterocycles. The van der Waals surface area contributed by atoms with Crippen molar-refractivity contribution in [1.82, 2.24) is 20.2 Å². The lowest BCUT2D eigenvalue weighted by Crippen LogP contribution is -2.43. The van der Waals surface area contributed by atoms with Crippen molar-refractivity contribution in [3.63, 3.8) is 0 Å². The number of aromatic nitrogens is 2. The number of nitrogens with one attached hydrogen (secondary N) is 2. The second-order valence-electron chi connectivity index (χ2n) is 5.04. The van der Waals surface area contributed by atoms with E-state index in [4.69, 9.17) is 4.74 Å². The van der Waals surface area contributed by atoms with E-state index in [2.05, 4.69) is 15.8 Å². The van der Waals surface area contributed by atoms with E-state index in [9.17, 15) is 14.4 Å². The SMILES string of the molecule is O=C(COC(=O)c1cn2ccccc2n1)NNC(=O)c1ccccc1. The molecule has 25 heavy (non-hydrogen) atoms. The molecule has 0 saturated heterocycles. The zero-order chi connectivity index (χ0) is 17.6. The summed E-state index contributed by atoms with van der Waals surface area (Å²) in [5.41, 5.74) is 5.48. The minimum atomic E-state index is -0.728. The van der Waals surface area contributed by atoms with Gasteiger partial charge in [-0.2, -0.15) is 0 Å². The third kappa shape index (κ3) is 3.99. The average molecular weight is 338 g/mol. The van der Waals surface area contributed by atoms with Crippen molar-refractivity contribution >= 4 is 23.4 Å². The van der Waals surface area contributed by atoms with Gasteiger partial charge in [-0.1, -0.05) is 24.3 Å². The molecule has 2 N–H and O–H groups in total. The molecule has 0 atom stereocenters. The van der Waals surface area contributed by atoms with Gasteiger partial charge >= 0.3 is 5.97 Å². The Bertz CT molecular complexity index is 888. The standard InChI is InChI=1S/C17H14N4O4/c22-15(19-20-16(23)12-6-2-1-3-7-12)11-25-17(24)13-10-21-9-5-4-8-14(21)18-13/h1-10H,11H2,(H,19,22)(H,20,23). The van der Waals surface area contributed by atoms with Crippen LogP contribution in [0.1, 0.15) is 20.8 Å². The smallest absolute Gasteiger partial charge is 0.359 e. The van der Waals surface area contributed by atoms with Crippen LogP contribution >= 0.6 is 0 Å². The summed E-state index contributed by atoms with van der Waals surface area (Å²) in [6, 6.07) is 13.7. The molecule has 2 heterocycles. The molecular formula is C17H14N4O4. The van der Waals surface area contributed by atoms with Crippen LogP contribution in [0, 0.1) is 0 Å². The van der Waals surface area contributed by atoms with E-state index in [1.165, 1.54) is 6.20 Å². The van der Waals surface area contributed by atoms with Gasteiger partial charge in [-0.15, -0.1) is 0 Å². The molecule has 8 heteroatoms. The van der Waals surface area contributed by atoms with Crippen molar-refractivity contribution in [2.75, 3.05) is 6.61 Å². The molecule has 2 aromatic heterocycles. The van der Waals surface area contributed by atoms with Crippen LogP contribution in [0.4, 0.5) is 0 Å². The first-order valence-electron chi connectivity index (χ1n) is 7.38. The highest BCUT2D eigenvalue weighted by molar-refractivity contribution is 5.95. The first kappa shape index (κ1) is 16.2. The number of hydrazine groups is 1. The Morgan fingerprint density at radius 3 is 2.52 bits per heavy atom.